The maximum absolute atomic E-state index is 12.7. The Morgan fingerprint density at radius 3 is 2.25 bits per heavy atom. The Hall–Kier alpha value is -2.24. The quantitative estimate of drug-likeness (QED) is 0.736. The van der Waals surface area contributed by atoms with Crippen molar-refractivity contribution in [3.8, 4) is 5.75 Å². The highest BCUT2D eigenvalue weighted by Crippen LogP contribution is 2.23. The molecule has 1 aliphatic rings. The number of rotatable bonds is 5. The van der Waals surface area contributed by atoms with E-state index in [-0.39, 0.29) is 11.8 Å². The molecule has 2 aromatic rings. The first-order valence-corrected chi connectivity index (χ1v) is 9.97. The number of carbonyl (C=O) groups excluding carboxylic acids is 2. The van der Waals surface area contributed by atoms with Crippen LogP contribution in [0.4, 0.5) is 0 Å². The highest BCUT2D eigenvalue weighted by atomic mass is 35.5. The average molecular weight is 421 g/mol. The van der Waals surface area contributed by atoms with Gasteiger partial charge < -0.3 is 14.5 Å². The molecule has 0 spiro atoms. The van der Waals surface area contributed by atoms with Crippen LogP contribution in [0.15, 0.2) is 42.5 Å². The second kappa shape index (κ2) is 9.30. The molecule has 0 unspecified atom stereocenters. The first-order valence-electron chi connectivity index (χ1n) is 9.21. The lowest BCUT2D eigenvalue weighted by Crippen LogP contribution is -2.51. The number of hydrogen-bond donors (Lipinski definition) is 0. The van der Waals surface area contributed by atoms with Gasteiger partial charge in [-0.3, -0.25) is 9.59 Å². The van der Waals surface area contributed by atoms with Crippen LogP contribution in [0.2, 0.25) is 10.0 Å². The van der Waals surface area contributed by atoms with E-state index in [1.165, 1.54) is 0 Å². The third kappa shape index (κ3) is 4.97. The molecule has 0 aromatic heterocycles. The molecule has 0 radical (unpaired) electrons. The van der Waals surface area contributed by atoms with Crippen molar-refractivity contribution < 1.29 is 14.3 Å². The van der Waals surface area contributed by atoms with E-state index in [1.807, 2.05) is 31.2 Å². The topological polar surface area (TPSA) is 49.9 Å². The van der Waals surface area contributed by atoms with Crippen molar-refractivity contribution in [2.24, 2.45) is 0 Å². The first kappa shape index (κ1) is 20.5. The number of ether oxygens (including phenoxy) is 1. The fourth-order valence-corrected chi connectivity index (χ4v) is 3.52. The van der Waals surface area contributed by atoms with Gasteiger partial charge in [0.05, 0.1) is 23.6 Å². The number of piperazine rings is 1. The lowest BCUT2D eigenvalue weighted by atomic mass is 10.1. The number of hydrogen-bond acceptors (Lipinski definition) is 3. The molecule has 2 aromatic carbocycles. The molecule has 0 saturated carbocycles. The van der Waals surface area contributed by atoms with Crippen LogP contribution in [0.3, 0.4) is 0 Å². The van der Waals surface area contributed by atoms with Crippen molar-refractivity contribution in [1.82, 2.24) is 9.80 Å². The minimum absolute atomic E-state index is 0.0528. The zero-order valence-corrected chi connectivity index (χ0v) is 17.2. The van der Waals surface area contributed by atoms with Gasteiger partial charge in [0.1, 0.15) is 5.75 Å². The van der Waals surface area contributed by atoms with Gasteiger partial charge in [0.15, 0.2) is 0 Å². The van der Waals surface area contributed by atoms with Gasteiger partial charge in [0.25, 0.3) is 5.91 Å². The van der Waals surface area contributed by atoms with E-state index in [9.17, 15) is 9.59 Å². The van der Waals surface area contributed by atoms with E-state index in [0.717, 1.165) is 11.3 Å². The predicted octanol–water partition coefficient (Wildman–Crippen LogP) is 3.92. The van der Waals surface area contributed by atoms with Gasteiger partial charge in [-0.2, -0.15) is 0 Å². The summed E-state index contributed by atoms with van der Waals surface area (Å²) in [6.07, 6.45) is 0.334. The van der Waals surface area contributed by atoms with Crippen LogP contribution in [-0.2, 0) is 11.2 Å². The molecule has 5 nitrogen and oxygen atoms in total. The van der Waals surface area contributed by atoms with Crippen molar-refractivity contribution in [2.45, 2.75) is 13.3 Å². The SMILES string of the molecule is CCOc1ccc(CC(=O)N2CCN(C(=O)c3cc(Cl)ccc3Cl)CC2)cc1. The van der Waals surface area contributed by atoms with Crippen LogP contribution >= 0.6 is 23.2 Å². The minimum Gasteiger partial charge on any atom is -0.494 e. The summed E-state index contributed by atoms with van der Waals surface area (Å²) in [6, 6.07) is 12.4. The summed E-state index contributed by atoms with van der Waals surface area (Å²) in [5, 5.41) is 0.848. The highest BCUT2D eigenvalue weighted by Gasteiger charge is 2.26. The maximum atomic E-state index is 12.7. The molecule has 7 heteroatoms. The van der Waals surface area contributed by atoms with Crippen LogP contribution in [0, 0.1) is 0 Å². The van der Waals surface area contributed by atoms with Crippen molar-refractivity contribution in [2.75, 3.05) is 32.8 Å². The van der Waals surface area contributed by atoms with E-state index in [0.29, 0.717) is 54.8 Å². The van der Waals surface area contributed by atoms with Crippen molar-refractivity contribution in [1.29, 1.82) is 0 Å². The van der Waals surface area contributed by atoms with Gasteiger partial charge in [-0.15, -0.1) is 0 Å². The molecule has 1 aliphatic heterocycles. The molecule has 1 fully saturated rings. The first-order chi connectivity index (χ1) is 13.5. The van der Waals surface area contributed by atoms with Crippen LogP contribution < -0.4 is 4.74 Å². The Bertz CT molecular complexity index is 847. The van der Waals surface area contributed by atoms with Crippen LogP contribution in [0.1, 0.15) is 22.8 Å². The molecular formula is C21H22Cl2N2O3. The second-order valence-electron chi connectivity index (χ2n) is 6.55. The summed E-state index contributed by atoms with van der Waals surface area (Å²) >= 11 is 12.1. The molecule has 28 heavy (non-hydrogen) atoms. The number of benzene rings is 2. The molecule has 2 amide bonds. The largest absolute Gasteiger partial charge is 0.494 e. The number of halogens is 2. The van der Waals surface area contributed by atoms with E-state index in [2.05, 4.69) is 0 Å². The Kier molecular flexibility index (Phi) is 6.81. The minimum atomic E-state index is -0.161. The number of carbonyl (C=O) groups is 2. The molecule has 1 heterocycles. The van der Waals surface area contributed by atoms with Crippen LogP contribution in [-0.4, -0.2) is 54.4 Å². The van der Waals surface area contributed by atoms with Crippen LogP contribution in [0.25, 0.3) is 0 Å². The Balaban J connectivity index is 1.55. The van der Waals surface area contributed by atoms with Gasteiger partial charge >= 0.3 is 0 Å². The zero-order valence-electron chi connectivity index (χ0n) is 15.7. The maximum Gasteiger partial charge on any atom is 0.255 e. The van der Waals surface area contributed by atoms with Crippen molar-refractivity contribution in [3.05, 3.63) is 63.6 Å². The fourth-order valence-electron chi connectivity index (χ4n) is 3.15. The van der Waals surface area contributed by atoms with E-state index < -0.39 is 0 Å². The van der Waals surface area contributed by atoms with E-state index in [1.54, 1.807) is 28.0 Å². The van der Waals surface area contributed by atoms with Crippen molar-refractivity contribution in [3.63, 3.8) is 0 Å². The lowest BCUT2D eigenvalue weighted by molar-refractivity contribution is -0.131. The summed E-state index contributed by atoms with van der Waals surface area (Å²) in [5.41, 5.74) is 1.33. The van der Waals surface area contributed by atoms with Crippen LogP contribution in [0.5, 0.6) is 5.75 Å². The highest BCUT2D eigenvalue weighted by molar-refractivity contribution is 6.35. The van der Waals surface area contributed by atoms with Gasteiger partial charge in [-0.25, -0.2) is 0 Å². The number of nitrogens with zero attached hydrogens (tertiary/aromatic N) is 2. The smallest absolute Gasteiger partial charge is 0.255 e. The predicted molar refractivity (Wildman–Crippen MR) is 110 cm³/mol. The average Bonchev–Trinajstić information content (AvgIpc) is 2.71. The summed E-state index contributed by atoms with van der Waals surface area (Å²) in [6.45, 7) is 4.48. The third-order valence-corrected chi connectivity index (χ3v) is 5.23. The van der Waals surface area contributed by atoms with E-state index in [4.69, 9.17) is 27.9 Å². The Morgan fingerprint density at radius 1 is 0.964 bits per heavy atom. The Labute approximate surface area is 174 Å². The molecule has 0 aliphatic carbocycles. The molecule has 0 atom stereocenters. The molecule has 3 rings (SSSR count). The molecule has 1 saturated heterocycles. The standard InChI is InChI=1S/C21H22Cl2N2O3/c1-2-28-17-6-3-15(4-7-17)13-20(26)24-9-11-25(12-10-24)21(27)18-14-16(22)5-8-19(18)23/h3-8,14H,2,9-13H2,1H3. The van der Waals surface area contributed by atoms with Crippen molar-refractivity contribution >= 4 is 35.0 Å². The Morgan fingerprint density at radius 2 is 1.61 bits per heavy atom. The fraction of sp³-hybridized carbons (Fsp3) is 0.333. The van der Waals surface area contributed by atoms with E-state index >= 15 is 0 Å². The zero-order chi connectivity index (χ0) is 20.1. The molecule has 148 valence electrons. The monoisotopic (exact) mass is 420 g/mol. The molecule has 0 N–H and O–H groups in total. The third-order valence-electron chi connectivity index (χ3n) is 4.67. The summed E-state index contributed by atoms with van der Waals surface area (Å²) in [4.78, 5) is 28.8. The second-order valence-corrected chi connectivity index (χ2v) is 7.39. The van der Waals surface area contributed by atoms with Gasteiger partial charge in [0, 0.05) is 31.2 Å². The lowest BCUT2D eigenvalue weighted by Gasteiger charge is -2.35. The number of amides is 2. The van der Waals surface area contributed by atoms with Gasteiger partial charge in [-0.1, -0.05) is 35.3 Å². The summed E-state index contributed by atoms with van der Waals surface area (Å²) in [7, 11) is 0. The summed E-state index contributed by atoms with van der Waals surface area (Å²) in [5.74, 6) is 0.689. The normalized spacial score (nSPS) is 14.1. The molecular weight excluding hydrogens is 399 g/mol. The van der Waals surface area contributed by atoms with Gasteiger partial charge in [-0.05, 0) is 42.8 Å². The van der Waals surface area contributed by atoms with Gasteiger partial charge in [0.2, 0.25) is 5.91 Å². The molecule has 0 bridgehead atoms. The summed E-state index contributed by atoms with van der Waals surface area (Å²) < 4.78 is 5.42.